The number of nitrogens with zero attached hydrogens (tertiary/aromatic N) is 1. The van der Waals surface area contributed by atoms with Gasteiger partial charge in [-0.1, -0.05) is 0 Å². The lowest BCUT2D eigenvalue weighted by Gasteiger charge is -2.22. The number of aromatic nitrogens is 1. The standard InChI is InChI=1S/C18H29NP/c1-19-13-10-16(11-14-19)12-15-20(17-6-2-3-7-17)18-8-4-5-9-18/h10-11,13-14,17-18H,2-9,12,15H2,1H3/q+1/p+1. The summed E-state index contributed by atoms with van der Waals surface area (Å²) in [5, 5.41) is 0. The molecule has 2 aliphatic carbocycles. The van der Waals surface area contributed by atoms with Gasteiger partial charge >= 0.3 is 0 Å². The molecule has 0 radical (unpaired) electrons. The van der Waals surface area contributed by atoms with Gasteiger partial charge < -0.3 is 0 Å². The van der Waals surface area contributed by atoms with Gasteiger partial charge in [0.15, 0.2) is 12.4 Å². The van der Waals surface area contributed by atoms with Crippen molar-refractivity contribution in [3.63, 3.8) is 0 Å². The van der Waals surface area contributed by atoms with Crippen LogP contribution in [0.3, 0.4) is 0 Å². The van der Waals surface area contributed by atoms with Crippen LogP contribution in [0.4, 0.5) is 0 Å². The number of pyridine rings is 1. The number of aryl methyl sites for hydroxylation is 2. The van der Waals surface area contributed by atoms with E-state index in [1.165, 1.54) is 38.3 Å². The van der Waals surface area contributed by atoms with Gasteiger partial charge in [0.1, 0.15) is 7.05 Å². The zero-order chi connectivity index (χ0) is 13.8. The maximum atomic E-state index is 2.32. The van der Waals surface area contributed by atoms with Crippen molar-refractivity contribution in [1.82, 2.24) is 0 Å². The highest BCUT2D eigenvalue weighted by molar-refractivity contribution is 7.59. The zero-order valence-corrected chi connectivity index (χ0v) is 14.0. The highest BCUT2D eigenvalue weighted by atomic mass is 31.1. The minimum absolute atomic E-state index is 0.114. The second kappa shape index (κ2) is 7.03. The van der Waals surface area contributed by atoms with E-state index in [9.17, 15) is 0 Å². The third kappa shape index (κ3) is 3.61. The number of hydrogen-bond donors (Lipinski definition) is 0. The van der Waals surface area contributed by atoms with E-state index in [1.807, 2.05) is 0 Å². The van der Waals surface area contributed by atoms with Gasteiger partial charge in [0.2, 0.25) is 0 Å². The summed E-state index contributed by atoms with van der Waals surface area (Å²) in [5.74, 6) is 0. The van der Waals surface area contributed by atoms with Gasteiger partial charge in [-0.2, -0.15) is 0 Å². The summed E-state index contributed by atoms with van der Waals surface area (Å²) in [7, 11) is 1.99. The molecule has 2 fully saturated rings. The van der Waals surface area contributed by atoms with Crippen LogP contribution in [-0.4, -0.2) is 17.5 Å². The Bertz CT molecular complexity index is 386. The van der Waals surface area contributed by atoms with Crippen molar-refractivity contribution >= 4 is 7.92 Å². The summed E-state index contributed by atoms with van der Waals surface area (Å²) in [5.41, 5.74) is 3.87. The van der Waals surface area contributed by atoms with Crippen LogP contribution >= 0.6 is 7.92 Å². The normalized spacial score (nSPS) is 21.1. The molecule has 2 heteroatoms. The van der Waals surface area contributed by atoms with Crippen molar-refractivity contribution in [2.45, 2.75) is 69.1 Å². The van der Waals surface area contributed by atoms with Crippen LogP contribution in [-0.2, 0) is 13.5 Å². The molecule has 1 heterocycles. The molecule has 1 nitrogen and oxygen atoms in total. The Balaban J connectivity index is 1.61. The molecule has 2 aliphatic rings. The second-order valence-electron chi connectivity index (χ2n) is 6.91. The van der Waals surface area contributed by atoms with E-state index in [0.29, 0.717) is 0 Å². The first-order valence-corrected chi connectivity index (χ1v) is 10.5. The van der Waals surface area contributed by atoms with Gasteiger partial charge in [-0.05, 0) is 56.9 Å². The van der Waals surface area contributed by atoms with Crippen molar-refractivity contribution in [2.24, 2.45) is 7.05 Å². The maximum Gasteiger partial charge on any atom is 0.168 e. The predicted molar refractivity (Wildman–Crippen MR) is 89.0 cm³/mol. The molecule has 110 valence electrons. The lowest BCUT2D eigenvalue weighted by atomic mass is 10.2. The fourth-order valence-corrected chi connectivity index (χ4v) is 8.68. The van der Waals surface area contributed by atoms with Crippen LogP contribution in [0.2, 0.25) is 0 Å². The maximum absolute atomic E-state index is 2.32. The Kier molecular flexibility index (Phi) is 5.10. The number of rotatable bonds is 5. The molecule has 0 amide bonds. The summed E-state index contributed by atoms with van der Waals surface area (Å²) in [4.78, 5) is 0. The van der Waals surface area contributed by atoms with E-state index >= 15 is 0 Å². The van der Waals surface area contributed by atoms with Crippen molar-refractivity contribution in [1.29, 1.82) is 0 Å². The Morgan fingerprint density at radius 2 is 1.45 bits per heavy atom. The molecule has 0 saturated heterocycles. The SMILES string of the molecule is C[n+]1ccc(CC[PH+](C2CCCC2)C2CCCC2)cc1. The average molecular weight is 291 g/mol. The van der Waals surface area contributed by atoms with Gasteiger partial charge in [0.05, 0.1) is 17.5 Å². The molecule has 2 saturated carbocycles. The highest BCUT2D eigenvalue weighted by Crippen LogP contribution is 2.57. The van der Waals surface area contributed by atoms with E-state index in [2.05, 4.69) is 36.1 Å². The molecule has 20 heavy (non-hydrogen) atoms. The Morgan fingerprint density at radius 3 is 1.95 bits per heavy atom. The lowest BCUT2D eigenvalue weighted by molar-refractivity contribution is -0.671. The van der Waals surface area contributed by atoms with Crippen LogP contribution in [0.15, 0.2) is 24.5 Å². The Labute approximate surface area is 125 Å². The van der Waals surface area contributed by atoms with Crippen LogP contribution in [0.5, 0.6) is 0 Å². The summed E-state index contributed by atoms with van der Waals surface area (Å²) in [6.45, 7) is 0. The highest BCUT2D eigenvalue weighted by Gasteiger charge is 2.38. The van der Waals surface area contributed by atoms with Crippen LogP contribution < -0.4 is 4.57 Å². The summed E-state index contributed by atoms with van der Waals surface area (Å²) in [6.07, 6.45) is 19.6. The monoisotopic (exact) mass is 291 g/mol. The van der Waals surface area contributed by atoms with Gasteiger partial charge in [-0.25, -0.2) is 4.57 Å². The molecule has 0 aliphatic heterocycles. The van der Waals surface area contributed by atoms with Gasteiger partial charge in [0, 0.05) is 26.5 Å². The first-order chi connectivity index (χ1) is 9.83. The Hall–Kier alpha value is -0.420. The van der Waals surface area contributed by atoms with E-state index < -0.39 is 0 Å². The molecule has 3 rings (SSSR count). The fourth-order valence-electron chi connectivity index (χ4n) is 4.32. The average Bonchev–Trinajstić information content (AvgIpc) is 3.14. The minimum atomic E-state index is -0.114. The quantitative estimate of drug-likeness (QED) is 0.567. The molecule has 0 aromatic carbocycles. The molecule has 0 atom stereocenters. The first kappa shape index (κ1) is 14.5. The summed E-state index contributed by atoms with van der Waals surface area (Å²) < 4.78 is 2.14. The third-order valence-electron chi connectivity index (χ3n) is 5.51. The van der Waals surface area contributed by atoms with Crippen molar-refractivity contribution in [3.05, 3.63) is 30.1 Å². The van der Waals surface area contributed by atoms with Gasteiger partial charge in [0.25, 0.3) is 0 Å². The fraction of sp³-hybridized carbons (Fsp3) is 0.722. The topological polar surface area (TPSA) is 3.88 Å². The van der Waals surface area contributed by atoms with Crippen molar-refractivity contribution < 1.29 is 4.57 Å². The molecule has 0 spiro atoms. The van der Waals surface area contributed by atoms with E-state index in [-0.39, 0.29) is 7.92 Å². The van der Waals surface area contributed by atoms with E-state index in [0.717, 1.165) is 11.3 Å². The van der Waals surface area contributed by atoms with Gasteiger partial charge in [-0.3, -0.25) is 0 Å². The van der Waals surface area contributed by atoms with Crippen LogP contribution in [0.25, 0.3) is 0 Å². The molecule has 0 unspecified atom stereocenters. The molecule has 1 aromatic rings. The molecular weight excluding hydrogens is 261 g/mol. The molecule has 0 N–H and O–H groups in total. The number of hydrogen-bond acceptors (Lipinski definition) is 0. The second-order valence-corrected chi connectivity index (χ2v) is 10.2. The third-order valence-corrected chi connectivity index (χ3v) is 9.59. The molecular formula is C18H30NP+2. The van der Waals surface area contributed by atoms with Gasteiger partial charge in [-0.15, -0.1) is 0 Å². The predicted octanol–water partition coefficient (Wildman–Crippen LogP) is 4.15. The smallest absolute Gasteiger partial charge is 0.168 e. The van der Waals surface area contributed by atoms with Crippen molar-refractivity contribution in [3.8, 4) is 0 Å². The molecule has 1 aromatic heterocycles. The molecule has 0 bridgehead atoms. The van der Waals surface area contributed by atoms with Crippen LogP contribution in [0.1, 0.15) is 56.9 Å². The van der Waals surface area contributed by atoms with E-state index in [4.69, 9.17) is 0 Å². The summed E-state index contributed by atoms with van der Waals surface area (Å²) >= 11 is 0. The first-order valence-electron chi connectivity index (χ1n) is 8.63. The minimum Gasteiger partial charge on any atom is -0.208 e. The largest absolute Gasteiger partial charge is 0.208 e. The van der Waals surface area contributed by atoms with Crippen molar-refractivity contribution in [2.75, 3.05) is 6.16 Å². The van der Waals surface area contributed by atoms with Crippen LogP contribution in [0, 0.1) is 0 Å². The lowest BCUT2D eigenvalue weighted by Crippen LogP contribution is -2.26. The summed E-state index contributed by atoms with van der Waals surface area (Å²) in [6, 6.07) is 4.64. The van der Waals surface area contributed by atoms with E-state index in [1.54, 1.807) is 31.2 Å². The Morgan fingerprint density at radius 1 is 0.950 bits per heavy atom. The zero-order valence-electron chi connectivity index (χ0n) is 13.0.